The number of ether oxygens (including phenoxy) is 1. The second kappa shape index (κ2) is 18.5. The van der Waals surface area contributed by atoms with Gasteiger partial charge in [-0.3, -0.25) is 0 Å². The molecule has 0 aromatic heterocycles. The van der Waals surface area contributed by atoms with Crippen molar-refractivity contribution in [2.75, 3.05) is 24.9 Å². The van der Waals surface area contributed by atoms with Gasteiger partial charge in [-0.25, -0.2) is 0 Å². The van der Waals surface area contributed by atoms with Gasteiger partial charge in [0.05, 0.1) is 17.1 Å². The number of aryl methyl sites for hydroxylation is 12. The van der Waals surface area contributed by atoms with Crippen LogP contribution in [-0.4, -0.2) is 20.1 Å². The topological polar surface area (TPSA) is 34.2 Å². The van der Waals surface area contributed by atoms with Crippen LogP contribution in [0.2, 0.25) is 0 Å². The Bertz CT molecular complexity index is 4840. The predicted molar refractivity (Wildman–Crippen MR) is 372 cm³/mol. The Labute approximate surface area is 513 Å². The zero-order chi connectivity index (χ0) is 59.3. The molecule has 0 radical (unpaired) electrons. The summed E-state index contributed by atoms with van der Waals surface area (Å²) in [6, 6.07) is 68.0. The van der Waals surface area contributed by atoms with E-state index in [1.165, 1.54) is 178 Å². The largest absolute Gasteiger partial charge is 0.458 e. The van der Waals surface area contributed by atoms with Crippen LogP contribution in [0, 0.1) is 83.1 Å². The van der Waals surface area contributed by atoms with Crippen LogP contribution in [0.25, 0.3) is 0 Å². The van der Waals surface area contributed by atoms with Crippen LogP contribution in [-0.2, 0) is 0 Å². The smallest absolute Gasteiger partial charge is 0.256 e. The van der Waals surface area contributed by atoms with Gasteiger partial charge in [-0.2, -0.15) is 0 Å². The molecule has 9 heteroatoms. The Morgan fingerprint density at radius 3 is 1.25 bits per heavy atom. The highest BCUT2D eigenvalue weighted by Crippen LogP contribution is 2.52. The Morgan fingerprint density at radius 1 is 0.276 bits per heavy atom. The Morgan fingerprint density at radius 2 is 0.690 bits per heavy atom. The van der Waals surface area contributed by atoms with Gasteiger partial charge in [0.1, 0.15) is 11.5 Å². The lowest BCUT2D eigenvalue weighted by Crippen LogP contribution is -2.66. The minimum atomic E-state index is -0.176. The standard InChI is InChI=1S/C78H66B3N5O/c1-42-26-48(7)76(49(8)27-42)84-64-40-61-57(79-55-22-16-18-24-63(55)83(54-20-14-13-15-21-54)67-33-45(4)32-62(82-61)73(67)79)38-58(64)81-60-39-59-65(41-66(60)85(69-35-46(5)34-68(84)74(69)81)77-50(9)28-43(2)29-51(77)10)86(78-52(11)30-44(3)31-53(78)12)70-36-47(6)37-72-75(70)80(59)56-23-17-19-25-71(56)87-72/h13-41,82H,1-12H3. The van der Waals surface area contributed by atoms with Crippen LogP contribution in [0.15, 0.2) is 176 Å². The third-order valence-electron chi connectivity index (χ3n) is 19.8. The van der Waals surface area contributed by atoms with Gasteiger partial charge < -0.3 is 29.7 Å². The molecular formula is C78H66B3N5O. The van der Waals surface area contributed by atoms with Crippen molar-refractivity contribution in [2.24, 2.45) is 0 Å². The lowest BCUT2D eigenvalue weighted by Gasteiger charge is -2.48. The van der Waals surface area contributed by atoms with Crippen molar-refractivity contribution in [1.82, 2.24) is 0 Å². The molecular weight excluding hydrogens is 1060 g/mol. The van der Waals surface area contributed by atoms with Crippen molar-refractivity contribution in [3.05, 3.63) is 243 Å². The average molecular weight is 1120 g/mol. The van der Waals surface area contributed by atoms with E-state index in [9.17, 15) is 0 Å². The van der Waals surface area contributed by atoms with E-state index in [-0.39, 0.29) is 20.1 Å². The van der Waals surface area contributed by atoms with Crippen molar-refractivity contribution < 1.29 is 4.74 Å². The molecule has 0 amide bonds. The minimum Gasteiger partial charge on any atom is -0.458 e. The predicted octanol–water partition coefficient (Wildman–Crippen LogP) is 14.2. The summed E-state index contributed by atoms with van der Waals surface area (Å²) in [6.07, 6.45) is 0. The number of nitrogens with one attached hydrogen (secondary N) is 1. The average Bonchev–Trinajstić information content (AvgIpc) is 0.695. The van der Waals surface area contributed by atoms with Gasteiger partial charge in [0.2, 0.25) is 0 Å². The van der Waals surface area contributed by atoms with Gasteiger partial charge in [0.15, 0.2) is 0 Å². The summed E-state index contributed by atoms with van der Waals surface area (Å²) in [5, 5.41) is 4.18. The maximum Gasteiger partial charge on any atom is 0.256 e. The fourth-order valence-corrected chi connectivity index (χ4v) is 17.1. The quantitative estimate of drug-likeness (QED) is 0.177. The van der Waals surface area contributed by atoms with Crippen LogP contribution in [0.3, 0.4) is 0 Å². The molecule has 87 heavy (non-hydrogen) atoms. The molecule has 11 aromatic carbocycles. The van der Waals surface area contributed by atoms with E-state index in [0.29, 0.717) is 0 Å². The molecule has 0 bridgehead atoms. The van der Waals surface area contributed by atoms with E-state index in [1.807, 2.05) is 0 Å². The minimum absolute atomic E-state index is 0.0453. The van der Waals surface area contributed by atoms with Gasteiger partial charge >= 0.3 is 0 Å². The number of anilines is 14. The Kier molecular flexibility index (Phi) is 11.0. The number of hydrogen-bond donors (Lipinski definition) is 1. The molecule has 11 aromatic rings. The van der Waals surface area contributed by atoms with Crippen LogP contribution >= 0.6 is 0 Å². The van der Waals surface area contributed by atoms with Gasteiger partial charge in [-0.05, 0) is 255 Å². The number of para-hydroxylation sites is 3. The number of benzene rings is 11. The summed E-state index contributed by atoms with van der Waals surface area (Å²) in [5.41, 5.74) is 43.1. The summed E-state index contributed by atoms with van der Waals surface area (Å²) in [6.45, 7) is 27.0. The van der Waals surface area contributed by atoms with Gasteiger partial charge in [-0.15, -0.1) is 0 Å². The normalized spacial score (nSPS) is 14.0. The van der Waals surface area contributed by atoms with Crippen LogP contribution in [0.5, 0.6) is 11.5 Å². The summed E-state index contributed by atoms with van der Waals surface area (Å²) in [4.78, 5) is 10.4. The molecule has 1 N–H and O–H groups in total. The Balaban J connectivity index is 1.02. The highest BCUT2D eigenvalue weighted by Gasteiger charge is 2.50. The fourth-order valence-electron chi connectivity index (χ4n) is 17.1. The second-order valence-electron chi connectivity index (χ2n) is 26.2. The highest BCUT2D eigenvalue weighted by molar-refractivity contribution is 7.04. The lowest BCUT2D eigenvalue weighted by atomic mass is 9.29. The van der Waals surface area contributed by atoms with E-state index in [2.05, 4.69) is 284 Å². The molecule has 6 nitrogen and oxygen atoms in total. The second-order valence-corrected chi connectivity index (χ2v) is 26.2. The first-order chi connectivity index (χ1) is 42.1. The first-order valence-corrected chi connectivity index (χ1v) is 31.0. The molecule has 0 unspecified atom stereocenters. The summed E-state index contributed by atoms with van der Waals surface area (Å²) in [7, 11) is 0. The molecule has 0 saturated carbocycles. The maximum absolute atomic E-state index is 7.08. The zero-order valence-electron chi connectivity index (χ0n) is 51.7. The van der Waals surface area contributed by atoms with Crippen molar-refractivity contribution >= 4 is 149 Å². The zero-order valence-corrected chi connectivity index (χ0v) is 51.7. The van der Waals surface area contributed by atoms with Gasteiger partial charge in [0.25, 0.3) is 20.1 Å². The van der Waals surface area contributed by atoms with E-state index >= 15 is 0 Å². The lowest BCUT2D eigenvalue weighted by molar-refractivity contribution is 0.487. The molecule has 0 fully saturated rings. The molecule has 6 aliphatic heterocycles. The van der Waals surface area contributed by atoms with Gasteiger partial charge in [-0.1, -0.05) is 120 Å². The van der Waals surface area contributed by atoms with Crippen molar-refractivity contribution in [3.63, 3.8) is 0 Å². The number of rotatable bonds is 4. The third kappa shape index (κ3) is 7.32. The molecule has 6 heterocycles. The molecule has 17 rings (SSSR count). The summed E-state index contributed by atoms with van der Waals surface area (Å²) < 4.78 is 7.08. The van der Waals surface area contributed by atoms with E-state index < -0.39 is 0 Å². The van der Waals surface area contributed by atoms with E-state index in [1.54, 1.807) is 0 Å². The van der Waals surface area contributed by atoms with Crippen molar-refractivity contribution in [2.45, 2.75) is 83.1 Å². The summed E-state index contributed by atoms with van der Waals surface area (Å²) in [5.74, 6) is 1.84. The van der Waals surface area contributed by atoms with Crippen molar-refractivity contribution in [3.8, 4) is 11.5 Å². The molecule has 0 saturated heterocycles. The number of fused-ring (bicyclic) bond motifs is 12. The fraction of sp³-hybridized carbons (Fsp3) is 0.154. The van der Waals surface area contributed by atoms with Gasteiger partial charge in [0, 0.05) is 62.6 Å². The Hall–Kier alpha value is -9.59. The van der Waals surface area contributed by atoms with Crippen LogP contribution in [0.4, 0.5) is 79.6 Å². The first kappa shape index (κ1) is 51.8. The molecule has 0 spiro atoms. The maximum atomic E-state index is 7.08. The van der Waals surface area contributed by atoms with E-state index in [4.69, 9.17) is 4.74 Å². The number of nitrogens with zero attached hydrogens (tertiary/aromatic N) is 4. The molecule has 0 atom stereocenters. The first-order valence-electron chi connectivity index (χ1n) is 31.0. The highest BCUT2D eigenvalue weighted by atomic mass is 16.5. The number of hydrogen-bond acceptors (Lipinski definition) is 6. The monoisotopic (exact) mass is 1120 g/mol. The van der Waals surface area contributed by atoms with Crippen molar-refractivity contribution in [1.29, 1.82) is 0 Å². The summed E-state index contributed by atoms with van der Waals surface area (Å²) >= 11 is 0. The van der Waals surface area contributed by atoms with Crippen LogP contribution < -0.4 is 78.8 Å². The third-order valence-corrected chi connectivity index (χ3v) is 19.8. The molecule has 0 aliphatic carbocycles. The van der Waals surface area contributed by atoms with E-state index in [0.717, 1.165) is 28.6 Å². The van der Waals surface area contributed by atoms with Crippen LogP contribution in [0.1, 0.15) is 66.8 Å². The SMILES string of the molecule is Cc1cc(C)c(N2c3cc4c(cc3B3c5ccccc5Oc5cc(C)cc2c53)B2c3cc5c(cc3N(c3c(C)cc(C)cc3C)c3cc(C)cc(c32)N4c2c(C)cc(C)cc2C)Nc2cc(C)cc3c2B5c2ccccc2N3c2ccccc2)c(C)c1. The molecule has 6 aliphatic rings. The molecule has 418 valence electrons.